The van der Waals surface area contributed by atoms with Crippen LogP contribution in [0.4, 0.5) is 0 Å². The highest BCUT2D eigenvalue weighted by Crippen LogP contribution is 2.30. The van der Waals surface area contributed by atoms with E-state index in [1.807, 2.05) is 60.9 Å². The summed E-state index contributed by atoms with van der Waals surface area (Å²) in [7, 11) is 0. The van der Waals surface area contributed by atoms with Crippen LogP contribution < -0.4 is 5.73 Å². The summed E-state index contributed by atoms with van der Waals surface area (Å²) in [5.41, 5.74) is 10.9. The van der Waals surface area contributed by atoms with Gasteiger partial charge in [-0.1, -0.05) is 60.7 Å². The number of carbonyl (C=O) groups excluding carboxylic acids is 1. The predicted octanol–water partition coefficient (Wildman–Crippen LogP) is 4.70. The van der Waals surface area contributed by atoms with Crippen LogP contribution >= 0.6 is 0 Å². The van der Waals surface area contributed by atoms with Gasteiger partial charge < -0.3 is 14.9 Å². The molecule has 0 aliphatic rings. The normalized spacial score (nSPS) is 11.1. The summed E-state index contributed by atoms with van der Waals surface area (Å²) in [5.74, 6) is -0.531. The van der Waals surface area contributed by atoms with Gasteiger partial charge in [0.15, 0.2) is 0 Å². The van der Waals surface area contributed by atoms with Crippen LogP contribution in [0.15, 0.2) is 97.3 Å². The highest BCUT2D eigenvalue weighted by molar-refractivity contribution is 5.99. The van der Waals surface area contributed by atoms with Crippen molar-refractivity contribution in [2.75, 3.05) is 0 Å². The second-order valence-electron chi connectivity index (χ2n) is 7.59. The fourth-order valence-corrected chi connectivity index (χ4v) is 3.97. The first-order chi connectivity index (χ1) is 15.2. The third-order valence-corrected chi connectivity index (χ3v) is 5.48. The van der Waals surface area contributed by atoms with Gasteiger partial charge in [-0.2, -0.15) is 0 Å². The highest BCUT2D eigenvalue weighted by Gasteiger charge is 2.17. The van der Waals surface area contributed by atoms with E-state index in [2.05, 4.69) is 44.5 Å². The Morgan fingerprint density at radius 1 is 0.774 bits per heavy atom. The van der Waals surface area contributed by atoms with Gasteiger partial charge in [-0.3, -0.25) is 4.79 Å². The molecule has 0 atom stereocenters. The van der Waals surface area contributed by atoms with Crippen molar-refractivity contribution in [2.45, 2.75) is 13.1 Å². The smallest absolute Gasteiger partial charge is 0.267 e. The number of carbonyl (C=O) groups is 1. The van der Waals surface area contributed by atoms with Gasteiger partial charge >= 0.3 is 0 Å². The fraction of sp³-hybridized carbons (Fsp3) is 0.0769. The van der Waals surface area contributed by atoms with Gasteiger partial charge in [0.1, 0.15) is 5.69 Å². The Hall–Kier alpha value is -4.12. The molecule has 0 saturated carbocycles. The molecule has 5 rings (SSSR count). The van der Waals surface area contributed by atoms with Gasteiger partial charge in [-0.25, -0.2) is 4.98 Å². The van der Waals surface area contributed by atoms with Crippen molar-refractivity contribution in [3.8, 4) is 11.4 Å². The predicted molar refractivity (Wildman–Crippen MR) is 123 cm³/mol. The van der Waals surface area contributed by atoms with E-state index >= 15 is 0 Å². The molecular weight excluding hydrogens is 384 g/mol. The first-order valence-corrected chi connectivity index (χ1v) is 10.2. The molecule has 3 aromatic heterocycles. The van der Waals surface area contributed by atoms with Crippen LogP contribution in [0, 0.1) is 0 Å². The number of rotatable bonds is 6. The van der Waals surface area contributed by atoms with E-state index < -0.39 is 5.91 Å². The van der Waals surface area contributed by atoms with Crippen LogP contribution in [-0.4, -0.2) is 20.0 Å². The number of nitrogens with two attached hydrogens (primary N) is 1. The topological polar surface area (TPSA) is 65.8 Å². The average molecular weight is 406 g/mol. The van der Waals surface area contributed by atoms with E-state index in [1.54, 1.807) is 6.07 Å². The van der Waals surface area contributed by atoms with Gasteiger partial charge in [0.2, 0.25) is 0 Å². The summed E-state index contributed by atoms with van der Waals surface area (Å²) in [6, 6.07) is 28.4. The van der Waals surface area contributed by atoms with E-state index in [9.17, 15) is 4.79 Å². The van der Waals surface area contributed by atoms with Gasteiger partial charge in [0, 0.05) is 30.9 Å². The number of pyridine rings is 1. The van der Waals surface area contributed by atoms with E-state index in [0.29, 0.717) is 6.54 Å². The zero-order chi connectivity index (χ0) is 21.2. The van der Waals surface area contributed by atoms with Crippen molar-refractivity contribution in [2.24, 2.45) is 5.73 Å². The molecule has 3 heterocycles. The molecule has 5 nitrogen and oxygen atoms in total. The van der Waals surface area contributed by atoms with Gasteiger partial charge in [0.05, 0.1) is 16.9 Å². The second kappa shape index (κ2) is 7.95. The Labute approximate surface area is 180 Å². The summed E-state index contributed by atoms with van der Waals surface area (Å²) in [6.07, 6.45) is 4.08. The molecule has 5 heteroatoms. The number of primary amides is 1. The Morgan fingerprint density at radius 3 is 2.06 bits per heavy atom. The molecule has 0 aliphatic carbocycles. The van der Waals surface area contributed by atoms with Crippen molar-refractivity contribution in [3.63, 3.8) is 0 Å². The number of aromatic nitrogens is 3. The lowest BCUT2D eigenvalue weighted by molar-refractivity contribution is 0.0996. The summed E-state index contributed by atoms with van der Waals surface area (Å²) in [5, 5.41) is 0.994. The van der Waals surface area contributed by atoms with E-state index in [1.165, 1.54) is 11.1 Å². The molecule has 2 N–H and O–H groups in total. The molecular formula is C26H22N4O. The van der Waals surface area contributed by atoms with Gasteiger partial charge in [-0.15, -0.1) is 0 Å². The van der Waals surface area contributed by atoms with Gasteiger partial charge in [0.25, 0.3) is 5.91 Å². The van der Waals surface area contributed by atoms with Crippen molar-refractivity contribution in [3.05, 3.63) is 114 Å². The minimum atomic E-state index is -0.531. The maximum Gasteiger partial charge on any atom is 0.267 e. The molecule has 1 amide bonds. The zero-order valence-electron chi connectivity index (χ0n) is 17.0. The number of amides is 1. The third-order valence-electron chi connectivity index (χ3n) is 5.48. The Balaban J connectivity index is 1.63. The zero-order valence-corrected chi connectivity index (χ0v) is 17.0. The maximum absolute atomic E-state index is 12.1. The Kier molecular flexibility index (Phi) is 4.84. The first kappa shape index (κ1) is 18.9. The van der Waals surface area contributed by atoms with E-state index in [-0.39, 0.29) is 5.69 Å². The van der Waals surface area contributed by atoms with Crippen LogP contribution in [0.5, 0.6) is 0 Å². The minimum Gasteiger partial charge on any atom is -0.364 e. The molecule has 0 saturated heterocycles. The standard InChI is InChI=1S/C26H22N4O/c27-26(31)22-16-24-21(13-15-30(24)18-20-10-5-2-6-11-20)25(28-22)23-12-7-14-29(23)17-19-8-3-1-4-9-19/h1-16H,17-18H2,(H2,27,31). The summed E-state index contributed by atoms with van der Waals surface area (Å²) in [4.78, 5) is 16.7. The first-order valence-electron chi connectivity index (χ1n) is 10.2. The van der Waals surface area contributed by atoms with Crippen LogP contribution in [0.1, 0.15) is 21.6 Å². The lowest BCUT2D eigenvalue weighted by Crippen LogP contribution is -2.14. The molecule has 0 bridgehead atoms. The van der Waals surface area contributed by atoms with Crippen LogP contribution in [0.3, 0.4) is 0 Å². The lowest BCUT2D eigenvalue weighted by Gasteiger charge is -2.12. The summed E-state index contributed by atoms with van der Waals surface area (Å²) < 4.78 is 4.28. The largest absolute Gasteiger partial charge is 0.364 e. The Bertz CT molecular complexity index is 1350. The monoisotopic (exact) mass is 406 g/mol. The molecule has 0 fully saturated rings. The number of hydrogen-bond donors (Lipinski definition) is 1. The van der Waals surface area contributed by atoms with Crippen LogP contribution in [0.2, 0.25) is 0 Å². The number of fused-ring (bicyclic) bond motifs is 1. The molecule has 2 aromatic carbocycles. The van der Waals surface area contributed by atoms with Crippen molar-refractivity contribution in [1.29, 1.82) is 0 Å². The molecule has 31 heavy (non-hydrogen) atoms. The van der Waals surface area contributed by atoms with Crippen LogP contribution in [0.25, 0.3) is 22.3 Å². The molecule has 5 aromatic rings. The van der Waals surface area contributed by atoms with Crippen molar-refractivity contribution < 1.29 is 4.79 Å². The second-order valence-corrected chi connectivity index (χ2v) is 7.59. The van der Waals surface area contributed by atoms with Crippen molar-refractivity contribution >= 4 is 16.8 Å². The van der Waals surface area contributed by atoms with Crippen molar-refractivity contribution in [1.82, 2.24) is 14.1 Å². The quantitative estimate of drug-likeness (QED) is 0.444. The third kappa shape index (κ3) is 3.73. The SMILES string of the molecule is NC(=O)c1cc2c(ccn2Cc2ccccc2)c(-c2cccn2Cc2ccccc2)n1. The lowest BCUT2D eigenvalue weighted by atomic mass is 10.1. The molecule has 0 aliphatic heterocycles. The number of benzene rings is 2. The van der Waals surface area contributed by atoms with Crippen LogP contribution in [-0.2, 0) is 13.1 Å². The average Bonchev–Trinajstić information content (AvgIpc) is 3.42. The number of hydrogen-bond acceptors (Lipinski definition) is 2. The highest BCUT2D eigenvalue weighted by atomic mass is 16.1. The molecule has 152 valence electrons. The Morgan fingerprint density at radius 2 is 1.42 bits per heavy atom. The summed E-state index contributed by atoms with van der Waals surface area (Å²) >= 11 is 0. The molecule has 0 unspecified atom stereocenters. The van der Waals surface area contributed by atoms with E-state index in [4.69, 9.17) is 5.73 Å². The van der Waals surface area contributed by atoms with Gasteiger partial charge in [-0.05, 0) is 35.4 Å². The fourth-order valence-electron chi connectivity index (χ4n) is 3.97. The minimum absolute atomic E-state index is 0.267. The molecule has 0 spiro atoms. The number of nitrogens with zero attached hydrogens (tertiary/aromatic N) is 3. The maximum atomic E-state index is 12.1. The molecule has 0 radical (unpaired) electrons. The summed E-state index contributed by atoms with van der Waals surface area (Å²) in [6.45, 7) is 1.43. The van der Waals surface area contributed by atoms with E-state index in [0.717, 1.165) is 28.8 Å².